The van der Waals surface area contributed by atoms with Crippen molar-refractivity contribution in [2.45, 2.75) is 52.0 Å². The van der Waals surface area contributed by atoms with Crippen molar-refractivity contribution in [1.29, 1.82) is 0 Å². The number of rotatable bonds is 10. The summed E-state index contributed by atoms with van der Waals surface area (Å²) in [5, 5.41) is 8.32. The highest BCUT2D eigenvalue weighted by atomic mass is 79.9. The molecule has 2 aliphatic heterocycles. The molecular weight excluding hydrogens is 992 g/mol. The van der Waals surface area contributed by atoms with E-state index in [-0.39, 0.29) is 17.9 Å². The molecule has 0 radical (unpaired) electrons. The van der Waals surface area contributed by atoms with Crippen LogP contribution in [-0.2, 0) is 4.79 Å². The molecule has 12 nitrogen and oxygen atoms in total. The summed E-state index contributed by atoms with van der Waals surface area (Å²) in [5.74, 6) is 0.172. The van der Waals surface area contributed by atoms with Gasteiger partial charge >= 0.3 is 0 Å². The number of nitrogens with one attached hydrogen (secondary N) is 5. The number of halogens is 3. The summed E-state index contributed by atoms with van der Waals surface area (Å²) >= 11 is 13.3. The Kier molecular flexibility index (Phi) is 15.6. The summed E-state index contributed by atoms with van der Waals surface area (Å²) in [6.45, 7) is 14.8. The largest absolute Gasteiger partial charge is 0.368 e. The maximum atomic E-state index is 13.4. The fraction of sp³-hybridized carbons (Fsp3) is 0.346. The second-order valence-corrected chi connectivity index (χ2v) is 20.4. The summed E-state index contributed by atoms with van der Waals surface area (Å²) in [5.41, 5.74) is 22.1. The number of primary amides is 1. The quantitative estimate of drug-likeness (QED) is 0.0719. The normalized spacial score (nSPS) is 16.1. The van der Waals surface area contributed by atoms with Crippen LogP contribution in [0.1, 0.15) is 60.5 Å². The first-order valence-electron chi connectivity index (χ1n) is 23.2. The molecule has 2 saturated heterocycles. The minimum atomic E-state index is -0.212. The molecule has 2 aliphatic rings. The standard InChI is InChI=1S/C25H27BrClN5O.C20H19BrN2.C7H15N3O/c1-31-8-2-9-32(12-11-31)10-7-28-25(33)23-19-5-3-17(26)15-21(19)30-24(23)22-14-16-13-18(27)4-6-20(16)29-22;1-11(2)19-15-6-5-14(21)10-17(15)23-20(19)18-9-13-8-12(3)4-7-16(13)22-18;8-3-5-10-4-1-2-6(10)7(9)11/h3-6,13-15,29-30H,2,7-12H2,1H3,(H,28,33);4-11,22-23H,1-3H3;6H,1-5,8H2,(H2,9,11). The SMILES string of the molecule is CN1CCCN(CCNC(=O)c2c(-c3cc4cc(Cl)ccc4[nH]3)[nH]c3cc(Br)ccc23)CC1.Cc1ccc2[nH]c(-c3[nH]c4cc(Br)ccc4c3C(C)C)cc2c1.NCCN1CCCC1C(N)=O. The van der Waals surface area contributed by atoms with E-state index in [2.05, 4.69) is 142 Å². The van der Waals surface area contributed by atoms with Crippen LogP contribution in [0.2, 0.25) is 5.02 Å². The fourth-order valence-corrected chi connectivity index (χ4v) is 10.5. The minimum Gasteiger partial charge on any atom is -0.368 e. The second kappa shape index (κ2) is 21.6. The van der Waals surface area contributed by atoms with Crippen molar-refractivity contribution in [1.82, 2.24) is 40.0 Å². The number of aryl methyl sites for hydroxylation is 1. The lowest BCUT2D eigenvalue weighted by atomic mass is 9.98. The van der Waals surface area contributed by atoms with Gasteiger partial charge in [0.15, 0.2) is 0 Å². The summed E-state index contributed by atoms with van der Waals surface area (Å²) in [7, 11) is 2.17. The third-order valence-electron chi connectivity index (χ3n) is 12.9. The molecular formula is C52H61Br2ClN10O2. The molecule has 8 aromatic rings. The average molecular weight is 1050 g/mol. The number of aromatic nitrogens is 4. The predicted octanol–water partition coefficient (Wildman–Crippen LogP) is 10.5. The van der Waals surface area contributed by atoms with Gasteiger partial charge in [-0.2, -0.15) is 0 Å². The Morgan fingerprint density at radius 1 is 0.746 bits per heavy atom. The number of hydrogen-bond donors (Lipinski definition) is 7. The van der Waals surface area contributed by atoms with Crippen molar-refractivity contribution in [3.05, 3.63) is 116 Å². The van der Waals surface area contributed by atoms with E-state index in [9.17, 15) is 9.59 Å². The molecule has 352 valence electrons. The molecule has 67 heavy (non-hydrogen) atoms. The molecule has 0 bridgehead atoms. The van der Waals surface area contributed by atoms with Gasteiger partial charge in [-0.05, 0) is 131 Å². The number of benzene rings is 4. The molecule has 10 rings (SSSR count). The van der Waals surface area contributed by atoms with Gasteiger partial charge in [0, 0.05) is 96.8 Å². The fourth-order valence-electron chi connectivity index (χ4n) is 9.56. The zero-order chi connectivity index (χ0) is 47.4. The van der Waals surface area contributed by atoms with Crippen molar-refractivity contribution >= 4 is 98.9 Å². The first-order valence-corrected chi connectivity index (χ1v) is 25.2. The van der Waals surface area contributed by atoms with Crippen LogP contribution in [-0.4, -0.2) is 118 Å². The Morgan fingerprint density at radius 2 is 1.40 bits per heavy atom. The lowest BCUT2D eigenvalue weighted by Gasteiger charge is -2.20. The van der Waals surface area contributed by atoms with E-state index < -0.39 is 0 Å². The third kappa shape index (κ3) is 11.3. The number of likely N-dealkylation sites (tertiary alicyclic amines) is 1. The van der Waals surface area contributed by atoms with Gasteiger partial charge in [-0.25, -0.2) is 0 Å². The molecule has 0 saturated carbocycles. The number of fused-ring (bicyclic) bond motifs is 4. The summed E-state index contributed by atoms with van der Waals surface area (Å²) in [4.78, 5) is 45.2. The van der Waals surface area contributed by atoms with Crippen LogP contribution in [0, 0.1) is 6.92 Å². The van der Waals surface area contributed by atoms with Crippen LogP contribution in [0.4, 0.5) is 0 Å². The first kappa shape index (κ1) is 48.5. The Labute approximate surface area is 413 Å². The van der Waals surface area contributed by atoms with E-state index in [1.165, 1.54) is 38.6 Å². The van der Waals surface area contributed by atoms with E-state index in [1.807, 2.05) is 42.5 Å². The molecule has 1 unspecified atom stereocenters. The number of aromatic amines is 4. The van der Waals surface area contributed by atoms with E-state index in [0.717, 1.165) is 113 Å². The maximum Gasteiger partial charge on any atom is 0.254 e. The van der Waals surface area contributed by atoms with E-state index in [4.69, 9.17) is 23.1 Å². The number of hydrogen-bond acceptors (Lipinski definition) is 6. The zero-order valence-corrected chi connectivity index (χ0v) is 42.6. The van der Waals surface area contributed by atoms with Crippen LogP contribution in [0.5, 0.6) is 0 Å². The molecule has 0 spiro atoms. The van der Waals surface area contributed by atoms with Gasteiger partial charge in [-0.3, -0.25) is 14.5 Å². The molecule has 9 N–H and O–H groups in total. The Balaban J connectivity index is 0.000000154. The van der Waals surface area contributed by atoms with E-state index >= 15 is 0 Å². The second-order valence-electron chi connectivity index (χ2n) is 18.2. The first-order chi connectivity index (χ1) is 32.3. The van der Waals surface area contributed by atoms with Gasteiger partial charge in [0.2, 0.25) is 5.91 Å². The summed E-state index contributed by atoms with van der Waals surface area (Å²) < 4.78 is 2.06. The van der Waals surface area contributed by atoms with Crippen LogP contribution < -0.4 is 16.8 Å². The summed E-state index contributed by atoms with van der Waals surface area (Å²) in [6, 6.07) is 28.9. The predicted molar refractivity (Wildman–Crippen MR) is 284 cm³/mol. The molecule has 0 aliphatic carbocycles. The number of amides is 2. The van der Waals surface area contributed by atoms with Crippen molar-refractivity contribution < 1.29 is 9.59 Å². The van der Waals surface area contributed by atoms with Crippen LogP contribution >= 0.6 is 43.5 Å². The van der Waals surface area contributed by atoms with Crippen molar-refractivity contribution in [2.24, 2.45) is 11.5 Å². The monoisotopic (exact) mass is 1050 g/mol. The van der Waals surface area contributed by atoms with Crippen LogP contribution in [0.25, 0.3) is 66.4 Å². The topological polar surface area (TPSA) is 171 Å². The molecule has 2 fully saturated rings. The number of likely N-dealkylation sites (N-methyl/N-ethyl adjacent to an activating group) is 1. The number of nitrogens with zero attached hydrogens (tertiary/aromatic N) is 3. The van der Waals surface area contributed by atoms with Crippen LogP contribution in [0.15, 0.2) is 93.9 Å². The molecule has 1 atom stereocenters. The zero-order valence-electron chi connectivity index (χ0n) is 38.7. The molecule has 15 heteroatoms. The number of H-pyrrole nitrogens is 4. The molecule has 4 aromatic carbocycles. The van der Waals surface area contributed by atoms with Crippen molar-refractivity contribution in [2.75, 3.05) is 66.0 Å². The number of carbonyl (C=O) groups is 2. The van der Waals surface area contributed by atoms with E-state index in [0.29, 0.717) is 29.6 Å². The molecule has 6 heterocycles. The Bertz CT molecular complexity index is 3020. The molecule has 4 aromatic heterocycles. The summed E-state index contributed by atoms with van der Waals surface area (Å²) in [6.07, 6.45) is 3.12. The third-order valence-corrected chi connectivity index (χ3v) is 14.1. The highest BCUT2D eigenvalue weighted by Crippen LogP contribution is 2.38. The maximum absolute atomic E-state index is 13.4. The van der Waals surface area contributed by atoms with Gasteiger partial charge in [-0.15, -0.1) is 0 Å². The highest BCUT2D eigenvalue weighted by Gasteiger charge is 2.28. The van der Waals surface area contributed by atoms with Crippen LogP contribution in [0.3, 0.4) is 0 Å². The van der Waals surface area contributed by atoms with Gasteiger partial charge < -0.3 is 46.5 Å². The lowest BCUT2D eigenvalue weighted by molar-refractivity contribution is -0.122. The van der Waals surface area contributed by atoms with Crippen molar-refractivity contribution in [3.63, 3.8) is 0 Å². The average Bonchev–Trinajstić information content (AvgIpc) is 4.13. The lowest BCUT2D eigenvalue weighted by Crippen LogP contribution is -2.42. The number of carbonyl (C=O) groups excluding carboxylic acids is 2. The van der Waals surface area contributed by atoms with Crippen molar-refractivity contribution in [3.8, 4) is 22.8 Å². The molecule has 2 amide bonds. The minimum absolute atomic E-state index is 0.0569. The smallest absolute Gasteiger partial charge is 0.254 e. The van der Waals surface area contributed by atoms with Gasteiger partial charge in [-0.1, -0.05) is 81.1 Å². The van der Waals surface area contributed by atoms with Gasteiger partial charge in [0.05, 0.1) is 34.4 Å². The Morgan fingerprint density at radius 3 is 2.10 bits per heavy atom. The Hall–Kier alpha value is -4.93. The van der Waals surface area contributed by atoms with E-state index in [1.54, 1.807) is 0 Å². The number of nitrogens with two attached hydrogens (primary N) is 2. The highest BCUT2D eigenvalue weighted by molar-refractivity contribution is 9.10. The van der Waals surface area contributed by atoms with Gasteiger partial charge in [0.25, 0.3) is 5.91 Å². The van der Waals surface area contributed by atoms with Gasteiger partial charge in [0.1, 0.15) is 0 Å².